The Hall–Kier alpha value is -1.97. The molecule has 1 aromatic rings. The number of benzene rings is 1. The number of rotatable bonds is 10. The Morgan fingerprint density at radius 3 is 2.41 bits per heavy atom. The molecule has 0 aliphatic heterocycles. The highest BCUT2D eigenvalue weighted by Crippen LogP contribution is 2.29. The number of sulfonamides is 1. The van der Waals surface area contributed by atoms with Crippen molar-refractivity contribution in [1.82, 2.24) is 15.4 Å². The van der Waals surface area contributed by atoms with Crippen molar-refractivity contribution in [2.45, 2.75) is 43.5 Å². The van der Waals surface area contributed by atoms with Crippen LogP contribution in [-0.2, 0) is 24.3 Å². The number of nitrogens with one attached hydrogen (secondary N) is 3. The van der Waals surface area contributed by atoms with Crippen LogP contribution in [0.4, 0.5) is 0 Å². The van der Waals surface area contributed by atoms with Gasteiger partial charge in [0.25, 0.3) is 0 Å². The SMILES string of the molecule is COCCNC(=O)[C@@H](C)NC(=O)C1CCC(CNS(=O)(=O)c2ccccc2)CC1. The molecule has 0 radical (unpaired) electrons. The molecule has 1 saturated carbocycles. The average molecular weight is 426 g/mol. The van der Waals surface area contributed by atoms with Gasteiger partial charge in [-0.3, -0.25) is 9.59 Å². The summed E-state index contributed by atoms with van der Waals surface area (Å²) < 4.78 is 32.2. The van der Waals surface area contributed by atoms with Gasteiger partial charge in [-0.05, 0) is 50.7 Å². The number of carbonyl (C=O) groups excluding carboxylic acids is 2. The molecule has 1 aromatic carbocycles. The van der Waals surface area contributed by atoms with Crippen molar-refractivity contribution in [1.29, 1.82) is 0 Å². The average Bonchev–Trinajstić information content (AvgIpc) is 2.73. The highest BCUT2D eigenvalue weighted by molar-refractivity contribution is 7.89. The Balaban J connectivity index is 1.73. The first kappa shape index (κ1) is 23.3. The van der Waals surface area contributed by atoms with Crippen molar-refractivity contribution >= 4 is 21.8 Å². The Labute approximate surface area is 172 Å². The van der Waals surface area contributed by atoms with Crippen LogP contribution < -0.4 is 15.4 Å². The summed E-state index contributed by atoms with van der Waals surface area (Å²) >= 11 is 0. The fraction of sp³-hybridized carbons (Fsp3) is 0.600. The van der Waals surface area contributed by atoms with Crippen LogP contribution in [0.25, 0.3) is 0 Å². The number of carbonyl (C=O) groups is 2. The van der Waals surface area contributed by atoms with Gasteiger partial charge in [-0.2, -0.15) is 0 Å². The van der Waals surface area contributed by atoms with Gasteiger partial charge in [-0.25, -0.2) is 13.1 Å². The maximum absolute atomic E-state index is 12.4. The van der Waals surface area contributed by atoms with Gasteiger partial charge >= 0.3 is 0 Å². The largest absolute Gasteiger partial charge is 0.383 e. The third kappa shape index (κ3) is 7.41. The monoisotopic (exact) mass is 425 g/mol. The molecular weight excluding hydrogens is 394 g/mol. The van der Waals surface area contributed by atoms with Gasteiger partial charge < -0.3 is 15.4 Å². The minimum absolute atomic E-state index is 0.122. The zero-order chi connectivity index (χ0) is 21.3. The number of amides is 2. The van der Waals surface area contributed by atoms with Crippen molar-refractivity contribution in [3.8, 4) is 0 Å². The van der Waals surface area contributed by atoms with Crippen molar-refractivity contribution < 1.29 is 22.7 Å². The molecule has 1 atom stereocenters. The molecule has 0 spiro atoms. The summed E-state index contributed by atoms with van der Waals surface area (Å²) in [6.45, 7) is 2.85. The second-order valence-electron chi connectivity index (χ2n) is 7.40. The lowest BCUT2D eigenvalue weighted by molar-refractivity contribution is -0.131. The number of hydrogen-bond donors (Lipinski definition) is 3. The van der Waals surface area contributed by atoms with Gasteiger partial charge in [0.1, 0.15) is 6.04 Å². The van der Waals surface area contributed by atoms with E-state index in [0.29, 0.717) is 32.5 Å². The number of methoxy groups -OCH3 is 1. The Morgan fingerprint density at radius 2 is 1.79 bits per heavy atom. The Morgan fingerprint density at radius 1 is 1.14 bits per heavy atom. The summed E-state index contributed by atoms with van der Waals surface area (Å²) in [7, 11) is -1.95. The predicted molar refractivity (Wildman–Crippen MR) is 110 cm³/mol. The van der Waals surface area contributed by atoms with Crippen LogP contribution in [0.2, 0.25) is 0 Å². The van der Waals surface area contributed by atoms with E-state index in [-0.39, 0.29) is 28.5 Å². The van der Waals surface area contributed by atoms with E-state index in [2.05, 4.69) is 15.4 Å². The number of hydrogen-bond acceptors (Lipinski definition) is 5. The minimum Gasteiger partial charge on any atom is -0.383 e. The van der Waals surface area contributed by atoms with Crippen LogP contribution in [0.15, 0.2) is 35.2 Å². The van der Waals surface area contributed by atoms with Gasteiger partial charge in [-0.1, -0.05) is 18.2 Å². The lowest BCUT2D eigenvalue weighted by atomic mass is 9.81. The molecule has 1 aliphatic carbocycles. The normalized spacial score (nSPS) is 20.6. The second-order valence-corrected chi connectivity index (χ2v) is 9.16. The van der Waals surface area contributed by atoms with Crippen molar-refractivity contribution in [3.63, 3.8) is 0 Å². The van der Waals surface area contributed by atoms with Gasteiger partial charge in [0.2, 0.25) is 21.8 Å². The van der Waals surface area contributed by atoms with E-state index in [1.165, 1.54) is 0 Å². The molecule has 0 heterocycles. The first-order valence-corrected chi connectivity index (χ1v) is 11.4. The van der Waals surface area contributed by atoms with E-state index in [1.54, 1.807) is 44.4 Å². The van der Waals surface area contributed by atoms with Gasteiger partial charge in [0, 0.05) is 26.1 Å². The lowest BCUT2D eigenvalue weighted by Crippen LogP contribution is -2.47. The van der Waals surface area contributed by atoms with Crippen LogP contribution in [0.5, 0.6) is 0 Å². The third-order valence-electron chi connectivity index (χ3n) is 5.19. The summed E-state index contributed by atoms with van der Waals surface area (Å²) in [5, 5.41) is 5.46. The molecule has 0 bridgehead atoms. The molecule has 1 fully saturated rings. The molecule has 1 aliphatic rings. The van der Waals surface area contributed by atoms with Gasteiger partial charge in [0.15, 0.2) is 0 Å². The van der Waals surface area contributed by atoms with E-state index < -0.39 is 16.1 Å². The first-order valence-electron chi connectivity index (χ1n) is 9.95. The zero-order valence-corrected chi connectivity index (χ0v) is 17.8. The molecule has 9 heteroatoms. The van der Waals surface area contributed by atoms with E-state index >= 15 is 0 Å². The molecular formula is C20H31N3O5S. The summed E-state index contributed by atoms with van der Waals surface area (Å²) in [5.74, 6) is -0.305. The lowest BCUT2D eigenvalue weighted by Gasteiger charge is -2.28. The van der Waals surface area contributed by atoms with Crippen LogP contribution in [0, 0.1) is 11.8 Å². The fourth-order valence-corrected chi connectivity index (χ4v) is 4.50. The van der Waals surface area contributed by atoms with Crippen molar-refractivity contribution in [2.24, 2.45) is 11.8 Å². The smallest absolute Gasteiger partial charge is 0.242 e. The minimum atomic E-state index is -3.51. The predicted octanol–water partition coefficient (Wildman–Crippen LogP) is 1.04. The van der Waals surface area contributed by atoms with Gasteiger partial charge in [0.05, 0.1) is 11.5 Å². The fourth-order valence-electron chi connectivity index (χ4n) is 3.37. The van der Waals surface area contributed by atoms with E-state index in [4.69, 9.17) is 4.74 Å². The zero-order valence-electron chi connectivity index (χ0n) is 17.0. The van der Waals surface area contributed by atoms with E-state index in [0.717, 1.165) is 12.8 Å². The molecule has 0 unspecified atom stereocenters. The van der Waals surface area contributed by atoms with Crippen molar-refractivity contribution in [3.05, 3.63) is 30.3 Å². The van der Waals surface area contributed by atoms with Crippen LogP contribution in [-0.4, -0.2) is 53.1 Å². The quantitative estimate of drug-likeness (QED) is 0.485. The Bertz CT molecular complexity index is 762. The maximum Gasteiger partial charge on any atom is 0.242 e. The molecule has 0 aromatic heterocycles. The van der Waals surface area contributed by atoms with E-state index in [9.17, 15) is 18.0 Å². The highest BCUT2D eigenvalue weighted by atomic mass is 32.2. The van der Waals surface area contributed by atoms with E-state index in [1.807, 2.05) is 0 Å². The summed E-state index contributed by atoms with van der Waals surface area (Å²) in [6, 6.07) is 7.69. The molecule has 0 saturated heterocycles. The molecule has 2 amide bonds. The molecule has 29 heavy (non-hydrogen) atoms. The summed E-state index contributed by atoms with van der Waals surface area (Å²) in [4.78, 5) is 24.6. The van der Waals surface area contributed by atoms with Crippen LogP contribution in [0.1, 0.15) is 32.6 Å². The maximum atomic E-state index is 12.4. The molecule has 162 valence electrons. The molecule has 2 rings (SSSR count). The van der Waals surface area contributed by atoms with Crippen LogP contribution >= 0.6 is 0 Å². The second kappa shape index (κ2) is 11.3. The summed E-state index contributed by atoms with van der Waals surface area (Å²) in [6.07, 6.45) is 2.90. The Kier molecular flexibility index (Phi) is 9.06. The molecule has 8 nitrogen and oxygen atoms in total. The topological polar surface area (TPSA) is 114 Å². The first-order chi connectivity index (χ1) is 13.8. The standard InChI is InChI=1S/C20H31N3O5S/c1-15(19(24)21-12-13-28-2)23-20(25)17-10-8-16(9-11-17)14-22-29(26,27)18-6-4-3-5-7-18/h3-7,15-17,22H,8-14H2,1-2H3,(H,21,24)(H,23,25)/t15-,16?,17?/m1/s1. The van der Waals surface area contributed by atoms with Crippen molar-refractivity contribution in [2.75, 3.05) is 26.8 Å². The number of ether oxygens (including phenoxy) is 1. The summed E-state index contributed by atoms with van der Waals surface area (Å²) in [5.41, 5.74) is 0. The van der Waals surface area contributed by atoms with Gasteiger partial charge in [-0.15, -0.1) is 0 Å². The highest BCUT2D eigenvalue weighted by Gasteiger charge is 2.28. The third-order valence-corrected chi connectivity index (χ3v) is 6.63. The van der Waals surface area contributed by atoms with Crippen LogP contribution in [0.3, 0.4) is 0 Å². The molecule has 3 N–H and O–H groups in total.